The van der Waals surface area contributed by atoms with Crippen LogP contribution in [0.15, 0.2) is 43.0 Å². The van der Waals surface area contributed by atoms with Crippen molar-refractivity contribution in [2.24, 2.45) is 0 Å². The topological polar surface area (TPSA) is 46.2 Å². The summed E-state index contributed by atoms with van der Waals surface area (Å²) < 4.78 is 4.02. The summed E-state index contributed by atoms with van der Waals surface area (Å²) in [6.07, 6.45) is 11.5. The molecule has 0 spiro atoms. The Labute approximate surface area is 125 Å². The van der Waals surface area contributed by atoms with Gasteiger partial charge in [-0.3, -0.25) is 9.58 Å². The zero-order chi connectivity index (χ0) is 14.5. The minimum absolute atomic E-state index is 0.132. The van der Waals surface area contributed by atoms with Crippen LogP contribution in [0.3, 0.4) is 0 Å². The SMILES string of the molecule is OCCn1cc(C2=CCN(CCn3cccc3)CC2)cn1. The molecule has 2 aromatic heterocycles. The van der Waals surface area contributed by atoms with Crippen molar-refractivity contribution in [3.05, 3.63) is 48.6 Å². The Hall–Kier alpha value is -1.85. The molecule has 0 fully saturated rings. The molecule has 0 bridgehead atoms. The van der Waals surface area contributed by atoms with Crippen LogP contribution >= 0.6 is 0 Å². The fraction of sp³-hybridized carbons (Fsp3) is 0.438. The van der Waals surface area contributed by atoms with Crippen LogP contribution in [0.1, 0.15) is 12.0 Å². The second-order valence-electron chi connectivity index (χ2n) is 5.42. The Balaban J connectivity index is 1.53. The van der Waals surface area contributed by atoms with Crippen molar-refractivity contribution in [2.75, 3.05) is 26.2 Å². The van der Waals surface area contributed by atoms with Crippen molar-refractivity contribution in [3.63, 3.8) is 0 Å². The van der Waals surface area contributed by atoms with Gasteiger partial charge in [-0.2, -0.15) is 5.10 Å². The second kappa shape index (κ2) is 6.74. The van der Waals surface area contributed by atoms with Gasteiger partial charge in [-0.15, -0.1) is 0 Å². The lowest BCUT2D eigenvalue weighted by Crippen LogP contribution is -2.31. The zero-order valence-electron chi connectivity index (χ0n) is 12.2. The number of nitrogens with zero attached hydrogens (tertiary/aromatic N) is 4. The average molecular weight is 286 g/mol. The molecule has 0 atom stereocenters. The van der Waals surface area contributed by atoms with Gasteiger partial charge in [0, 0.05) is 50.3 Å². The smallest absolute Gasteiger partial charge is 0.0641 e. The van der Waals surface area contributed by atoms with Crippen LogP contribution in [0.5, 0.6) is 0 Å². The van der Waals surface area contributed by atoms with Gasteiger partial charge in [-0.25, -0.2) is 0 Å². The van der Waals surface area contributed by atoms with Gasteiger partial charge in [-0.05, 0) is 24.1 Å². The van der Waals surface area contributed by atoms with E-state index >= 15 is 0 Å². The highest BCUT2D eigenvalue weighted by Crippen LogP contribution is 2.21. The van der Waals surface area contributed by atoms with Gasteiger partial charge in [-0.1, -0.05) is 6.08 Å². The maximum atomic E-state index is 8.93. The highest BCUT2D eigenvalue weighted by atomic mass is 16.3. The number of hydrogen-bond donors (Lipinski definition) is 1. The molecule has 5 nitrogen and oxygen atoms in total. The Morgan fingerprint density at radius 1 is 1.14 bits per heavy atom. The van der Waals surface area contributed by atoms with Gasteiger partial charge < -0.3 is 9.67 Å². The third-order valence-electron chi connectivity index (χ3n) is 3.97. The third kappa shape index (κ3) is 3.62. The quantitative estimate of drug-likeness (QED) is 0.874. The van der Waals surface area contributed by atoms with Crippen molar-refractivity contribution in [1.29, 1.82) is 0 Å². The van der Waals surface area contributed by atoms with E-state index in [1.54, 1.807) is 4.68 Å². The highest BCUT2D eigenvalue weighted by Gasteiger charge is 2.13. The third-order valence-corrected chi connectivity index (χ3v) is 3.97. The molecular formula is C16H22N4O. The lowest BCUT2D eigenvalue weighted by atomic mass is 10.0. The van der Waals surface area contributed by atoms with E-state index in [4.69, 9.17) is 5.11 Å². The van der Waals surface area contributed by atoms with Crippen LogP contribution in [0.4, 0.5) is 0 Å². The highest BCUT2D eigenvalue weighted by molar-refractivity contribution is 5.65. The molecule has 0 radical (unpaired) electrons. The minimum atomic E-state index is 0.132. The van der Waals surface area contributed by atoms with E-state index < -0.39 is 0 Å². The van der Waals surface area contributed by atoms with Crippen LogP contribution in [0.25, 0.3) is 5.57 Å². The van der Waals surface area contributed by atoms with Crippen molar-refractivity contribution >= 4 is 5.57 Å². The standard InChI is InChI=1S/C16H22N4O/c21-12-11-20-14-16(13-17-20)15-3-7-19(8-4-15)10-9-18-5-1-2-6-18/h1-3,5-6,13-14,21H,4,7-12H2. The van der Waals surface area contributed by atoms with Crippen molar-refractivity contribution in [3.8, 4) is 0 Å². The van der Waals surface area contributed by atoms with Gasteiger partial charge >= 0.3 is 0 Å². The molecule has 21 heavy (non-hydrogen) atoms. The maximum absolute atomic E-state index is 8.93. The van der Waals surface area contributed by atoms with Crippen molar-refractivity contribution in [1.82, 2.24) is 19.2 Å². The molecule has 0 unspecified atom stereocenters. The summed E-state index contributed by atoms with van der Waals surface area (Å²) in [5.74, 6) is 0. The monoisotopic (exact) mass is 286 g/mol. The molecule has 1 aliphatic rings. The Bertz CT molecular complexity index is 585. The number of hydrogen-bond acceptors (Lipinski definition) is 3. The molecule has 2 aromatic rings. The minimum Gasteiger partial charge on any atom is -0.394 e. The van der Waals surface area contributed by atoms with E-state index in [1.807, 2.05) is 12.4 Å². The molecule has 112 valence electrons. The molecule has 5 heteroatoms. The number of aliphatic hydroxyl groups excluding tert-OH is 1. The summed E-state index contributed by atoms with van der Waals surface area (Å²) in [5, 5.41) is 13.2. The zero-order valence-corrected chi connectivity index (χ0v) is 12.2. The van der Waals surface area contributed by atoms with Gasteiger partial charge in [0.25, 0.3) is 0 Å². The normalized spacial score (nSPS) is 16.1. The van der Waals surface area contributed by atoms with Gasteiger partial charge in [0.15, 0.2) is 0 Å². The molecule has 0 amide bonds. The lowest BCUT2D eigenvalue weighted by Gasteiger charge is -2.26. The summed E-state index contributed by atoms with van der Waals surface area (Å²) in [6, 6.07) is 4.14. The number of rotatable bonds is 6. The summed E-state index contributed by atoms with van der Waals surface area (Å²) in [4.78, 5) is 2.47. The summed E-state index contributed by atoms with van der Waals surface area (Å²) >= 11 is 0. The van der Waals surface area contributed by atoms with E-state index in [9.17, 15) is 0 Å². The summed E-state index contributed by atoms with van der Waals surface area (Å²) in [5.41, 5.74) is 2.56. The summed E-state index contributed by atoms with van der Waals surface area (Å²) in [7, 11) is 0. The molecule has 1 N–H and O–H groups in total. The van der Waals surface area contributed by atoms with E-state index in [1.165, 1.54) is 11.1 Å². The van der Waals surface area contributed by atoms with Gasteiger partial charge in [0.1, 0.15) is 0 Å². The van der Waals surface area contributed by atoms with E-state index in [0.717, 1.165) is 32.6 Å². The average Bonchev–Trinajstić information content (AvgIpc) is 3.17. The van der Waals surface area contributed by atoms with Crippen LogP contribution in [0, 0.1) is 0 Å². The largest absolute Gasteiger partial charge is 0.394 e. The molecule has 3 heterocycles. The van der Waals surface area contributed by atoms with Crippen molar-refractivity contribution in [2.45, 2.75) is 19.5 Å². The first kappa shape index (κ1) is 14.1. The predicted molar refractivity (Wildman–Crippen MR) is 82.8 cm³/mol. The number of aromatic nitrogens is 3. The van der Waals surface area contributed by atoms with Crippen LogP contribution in [-0.4, -0.2) is 50.6 Å². The molecule has 3 rings (SSSR count). The molecular weight excluding hydrogens is 264 g/mol. The second-order valence-corrected chi connectivity index (χ2v) is 5.42. The van der Waals surface area contributed by atoms with Crippen LogP contribution < -0.4 is 0 Å². The van der Waals surface area contributed by atoms with E-state index in [0.29, 0.717) is 6.54 Å². The first-order valence-corrected chi connectivity index (χ1v) is 7.51. The Morgan fingerprint density at radius 3 is 2.71 bits per heavy atom. The Kier molecular flexibility index (Phi) is 4.52. The van der Waals surface area contributed by atoms with Gasteiger partial charge in [0.2, 0.25) is 0 Å². The fourth-order valence-electron chi connectivity index (χ4n) is 2.71. The van der Waals surface area contributed by atoms with Crippen LogP contribution in [-0.2, 0) is 13.1 Å². The number of aliphatic hydroxyl groups is 1. The lowest BCUT2D eigenvalue weighted by molar-refractivity contribution is 0.269. The van der Waals surface area contributed by atoms with E-state index in [-0.39, 0.29) is 6.61 Å². The fourth-order valence-corrected chi connectivity index (χ4v) is 2.71. The predicted octanol–water partition coefficient (Wildman–Crippen LogP) is 1.47. The van der Waals surface area contributed by atoms with Gasteiger partial charge in [0.05, 0.1) is 19.3 Å². The molecule has 0 aromatic carbocycles. The van der Waals surface area contributed by atoms with Crippen LogP contribution in [0.2, 0.25) is 0 Å². The maximum Gasteiger partial charge on any atom is 0.0641 e. The first-order valence-electron chi connectivity index (χ1n) is 7.51. The first-order chi connectivity index (χ1) is 10.3. The van der Waals surface area contributed by atoms with Crippen molar-refractivity contribution < 1.29 is 5.11 Å². The summed E-state index contributed by atoms with van der Waals surface area (Å²) in [6.45, 7) is 4.93. The molecule has 0 saturated heterocycles. The molecule has 1 aliphatic heterocycles. The Morgan fingerprint density at radius 2 is 2.00 bits per heavy atom. The molecule has 0 saturated carbocycles. The molecule has 0 aliphatic carbocycles. The van der Waals surface area contributed by atoms with E-state index in [2.05, 4.69) is 45.2 Å².